The molecule has 0 spiro atoms. The quantitative estimate of drug-likeness (QED) is 0.556. The molecule has 0 saturated carbocycles. The van der Waals surface area contributed by atoms with E-state index in [0.717, 1.165) is 31.4 Å². The van der Waals surface area contributed by atoms with Crippen molar-refractivity contribution in [1.82, 2.24) is 10.2 Å². The Bertz CT molecular complexity index is 1040. The standard InChI is InChI=1S/C24H27Cl3N4O/c1-24(2)21(23(32)28-20-6-4-5-13-30(20)3)29-31(19-12-11-17(26)14-18(19)27)22(24)15-7-9-16(25)10-8-15/h7-12,14,20,22H,4-6,13H2,1-3H3,(H,28,32). The summed E-state index contributed by atoms with van der Waals surface area (Å²) in [5.74, 6) is -0.153. The van der Waals surface area contributed by atoms with Crippen molar-refractivity contribution in [3.05, 3.63) is 63.1 Å². The first-order valence-electron chi connectivity index (χ1n) is 10.8. The predicted octanol–water partition coefficient (Wildman–Crippen LogP) is 6.15. The smallest absolute Gasteiger partial charge is 0.269 e. The van der Waals surface area contributed by atoms with E-state index in [-0.39, 0.29) is 18.1 Å². The molecule has 2 aromatic rings. The molecule has 32 heavy (non-hydrogen) atoms. The number of anilines is 1. The van der Waals surface area contributed by atoms with Gasteiger partial charge in [0.25, 0.3) is 5.91 Å². The lowest BCUT2D eigenvalue weighted by molar-refractivity contribution is -0.117. The first-order chi connectivity index (χ1) is 15.2. The second kappa shape index (κ2) is 9.22. The molecule has 4 rings (SSSR count). The number of hydrogen-bond acceptors (Lipinski definition) is 4. The van der Waals surface area contributed by atoms with E-state index >= 15 is 0 Å². The van der Waals surface area contributed by atoms with Crippen LogP contribution in [-0.2, 0) is 4.79 Å². The van der Waals surface area contributed by atoms with Gasteiger partial charge in [0.15, 0.2) is 0 Å². The van der Waals surface area contributed by atoms with Gasteiger partial charge in [-0.2, -0.15) is 5.10 Å². The number of nitrogens with one attached hydrogen (secondary N) is 1. The van der Waals surface area contributed by atoms with Gasteiger partial charge in [0, 0.05) is 15.5 Å². The number of halogens is 3. The molecule has 1 amide bonds. The fourth-order valence-electron chi connectivity index (χ4n) is 4.61. The van der Waals surface area contributed by atoms with Crippen LogP contribution in [0.25, 0.3) is 0 Å². The van der Waals surface area contributed by atoms with Crippen molar-refractivity contribution in [3.63, 3.8) is 0 Å². The van der Waals surface area contributed by atoms with Crippen molar-refractivity contribution in [2.24, 2.45) is 10.5 Å². The lowest BCUT2D eigenvalue weighted by Gasteiger charge is -2.35. The van der Waals surface area contributed by atoms with Crippen LogP contribution in [0.15, 0.2) is 47.6 Å². The molecule has 0 aliphatic carbocycles. The Morgan fingerprint density at radius 3 is 2.41 bits per heavy atom. The molecule has 5 nitrogen and oxygen atoms in total. The molecule has 0 radical (unpaired) electrons. The zero-order valence-corrected chi connectivity index (χ0v) is 20.7. The summed E-state index contributed by atoms with van der Waals surface area (Å²) in [6.07, 6.45) is 3.20. The molecule has 2 aliphatic heterocycles. The molecule has 2 aliphatic rings. The minimum absolute atomic E-state index is 0.0110. The van der Waals surface area contributed by atoms with Crippen molar-refractivity contribution in [2.75, 3.05) is 18.6 Å². The van der Waals surface area contributed by atoms with E-state index in [2.05, 4.69) is 10.2 Å². The number of piperidine rings is 1. The van der Waals surface area contributed by atoms with Crippen LogP contribution in [0.3, 0.4) is 0 Å². The first-order valence-corrected chi connectivity index (χ1v) is 11.9. The molecule has 2 unspecified atom stereocenters. The number of rotatable bonds is 4. The SMILES string of the molecule is CN1CCCCC1NC(=O)C1=NN(c2ccc(Cl)cc2Cl)C(c2ccc(Cl)cc2)C1(C)C. The summed E-state index contributed by atoms with van der Waals surface area (Å²) < 4.78 is 0. The third-order valence-corrected chi connectivity index (χ3v) is 7.16. The van der Waals surface area contributed by atoms with E-state index in [0.29, 0.717) is 26.5 Å². The predicted molar refractivity (Wildman–Crippen MR) is 133 cm³/mol. The van der Waals surface area contributed by atoms with Gasteiger partial charge >= 0.3 is 0 Å². The maximum absolute atomic E-state index is 13.5. The zero-order chi connectivity index (χ0) is 23.0. The Morgan fingerprint density at radius 2 is 1.75 bits per heavy atom. The summed E-state index contributed by atoms with van der Waals surface area (Å²) in [6, 6.07) is 12.7. The molecule has 0 aromatic heterocycles. The topological polar surface area (TPSA) is 47.9 Å². The summed E-state index contributed by atoms with van der Waals surface area (Å²) in [7, 11) is 2.04. The van der Waals surface area contributed by atoms with E-state index in [1.165, 1.54) is 0 Å². The minimum atomic E-state index is -0.589. The number of hydrogen-bond donors (Lipinski definition) is 1. The van der Waals surface area contributed by atoms with Gasteiger partial charge in [-0.15, -0.1) is 0 Å². The van der Waals surface area contributed by atoms with E-state index in [1.54, 1.807) is 12.1 Å². The highest BCUT2D eigenvalue weighted by Gasteiger charge is 2.49. The minimum Gasteiger partial charge on any atom is -0.335 e. The van der Waals surface area contributed by atoms with Gasteiger partial charge in [-0.05, 0) is 68.8 Å². The van der Waals surface area contributed by atoms with Crippen molar-refractivity contribution < 1.29 is 4.79 Å². The summed E-state index contributed by atoms with van der Waals surface area (Å²) >= 11 is 18.8. The van der Waals surface area contributed by atoms with Crippen LogP contribution in [0.4, 0.5) is 5.69 Å². The molecule has 170 valence electrons. The molecule has 1 fully saturated rings. The highest BCUT2D eigenvalue weighted by molar-refractivity contribution is 6.42. The number of amides is 1. The number of benzene rings is 2. The van der Waals surface area contributed by atoms with Crippen molar-refractivity contribution in [1.29, 1.82) is 0 Å². The molecular weight excluding hydrogens is 467 g/mol. The van der Waals surface area contributed by atoms with Crippen LogP contribution in [0.1, 0.15) is 44.7 Å². The Balaban J connectivity index is 1.74. The van der Waals surface area contributed by atoms with Gasteiger partial charge in [-0.1, -0.05) is 60.8 Å². The fraction of sp³-hybridized carbons (Fsp3) is 0.417. The summed E-state index contributed by atoms with van der Waals surface area (Å²) in [6.45, 7) is 5.05. The van der Waals surface area contributed by atoms with Crippen LogP contribution in [0, 0.1) is 5.41 Å². The van der Waals surface area contributed by atoms with Crippen LogP contribution in [0.5, 0.6) is 0 Å². The average molecular weight is 494 g/mol. The zero-order valence-electron chi connectivity index (χ0n) is 18.4. The molecule has 2 atom stereocenters. The van der Waals surface area contributed by atoms with Crippen LogP contribution in [0.2, 0.25) is 15.1 Å². The molecule has 0 bridgehead atoms. The Labute approximate surface area is 204 Å². The number of carbonyl (C=O) groups is 1. The number of hydrazone groups is 1. The summed E-state index contributed by atoms with van der Waals surface area (Å²) in [4.78, 5) is 15.6. The maximum atomic E-state index is 13.5. The van der Waals surface area contributed by atoms with Gasteiger partial charge in [0.1, 0.15) is 5.71 Å². The van der Waals surface area contributed by atoms with E-state index in [4.69, 9.17) is 39.9 Å². The third kappa shape index (κ3) is 4.49. The lowest BCUT2D eigenvalue weighted by Crippen LogP contribution is -2.52. The molecule has 8 heteroatoms. The molecule has 2 heterocycles. The van der Waals surface area contributed by atoms with E-state index in [9.17, 15) is 4.79 Å². The Hall–Kier alpha value is -1.79. The van der Waals surface area contributed by atoms with E-state index in [1.807, 2.05) is 56.2 Å². The molecular formula is C24H27Cl3N4O. The van der Waals surface area contributed by atoms with Crippen molar-refractivity contribution in [3.8, 4) is 0 Å². The largest absolute Gasteiger partial charge is 0.335 e. The van der Waals surface area contributed by atoms with Crippen LogP contribution < -0.4 is 10.3 Å². The monoisotopic (exact) mass is 492 g/mol. The first kappa shape index (κ1) is 23.4. The maximum Gasteiger partial charge on any atom is 0.269 e. The van der Waals surface area contributed by atoms with Crippen molar-refractivity contribution in [2.45, 2.75) is 45.3 Å². The van der Waals surface area contributed by atoms with Gasteiger partial charge in [0.05, 0.1) is 22.9 Å². The van der Waals surface area contributed by atoms with Crippen LogP contribution in [-0.4, -0.2) is 36.3 Å². The Kier molecular flexibility index (Phi) is 6.73. The highest BCUT2D eigenvalue weighted by Crippen LogP contribution is 2.48. The second-order valence-electron chi connectivity index (χ2n) is 9.03. The van der Waals surface area contributed by atoms with Gasteiger partial charge in [0.2, 0.25) is 0 Å². The number of likely N-dealkylation sites (tertiary alicyclic amines) is 1. The second-order valence-corrected chi connectivity index (χ2v) is 10.3. The molecule has 2 aromatic carbocycles. The molecule has 1 saturated heterocycles. The lowest BCUT2D eigenvalue weighted by atomic mass is 9.77. The number of carbonyl (C=O) groups excluding carboxylic acids is 1. The van der Waals surface area contributed by atoms with Gasteiger partial charge in [-0.3, -0.25) is 14.7 Å². The highest BCUT2D eigenvalue weighted by atomic mass is 35.5. The van der Waals surface area contributed by atoms with Gasteiger partial charge < -0.3 is 5.32 Å². The van der Waals surface area contributed by atoms with Gasteiger partial charge in [-0.25, -0.2) is 0 Å². The number of nitrogens with zero attached hydrogens (tertiary/aromatic N) is 3. The Morgan fingerprint density at radius 1 is 1.06 bits per heavy atom. The van der Waals surface area contributed by atoms with E-state index < -0.39 is 5.41 Å². The third-order valence-electron chi connectivity index (χ3n) is 6.37. The normalized spacial score (nSPS) is 23.2. The summed E-state index contributed by atoms with van der Waals surface area (Å²) in [5, 5.41) is 11.5. The fourth-order valence-corrected chi connectivity index (χ4v) is 5.23. The van der Waals surface area contributed by atoms with Crippen LogP contribution >= 0.6 is 34.8 Å². The van der Waals surface area contributed by atoms with Crippen molar-refractivity contribution >= 4 is 52.1 Å². The summed E-state index contributed by atoms with van der Waals surface area (Å²) in [5.41, 5.74) is 1.57. The average Bonchev–Trinajstić information content (AvgIpc) is 3.01. The molecule has 1 N–H and O–H groups in total.